The molecule has 1 heterocycles. The second kappa shape index (κ2) is 8.12. The van der Waals surface area contributed by atoms with Crippen molar-refractivity contribution in [3.05, 3.63) is 71.1 Å². The molecule has 1 aromatic heterocycles. The van der Waals surface area contributed by atoms with Crippen molar-refractivity contribution >= 4 is 38.0 Å². The highest BCUT2D eigenvalue weighted by atomic mass is 32.2. The van der Waals surface area contributed by atoms with Crippen molar-refractivity contribution in [3.63, 3.8) is 0 Å². The minimum absolute atomic E-state index is 0.0698. The Morgan fingerprint density at radius 2 is 1.89 bits per heavy atom. The van der Waals surface area contributed by atoms with Gasteiger partial charge in [-0.05, 0) is 53.9 Å². The number of sulfonamides is 1. The van der Waals surface area contributed by atoms with E-state index in [9.17, 15) is 13.2 Å². The summed E-state index contributed by atoms with van der Waals surface area (Å²) in [4.78, 5) is 12.5. The number of nitrogens with zero attached hydrogens (tertiary/aromatic N) is 1. The van der Waals surface area contributed by atoms with Crippen LogP contribution in [0, 0.1) is 11.3 Å². The van der Waals surface area contributed by atoms with Gasteiger partial charge in [-0.25, -0.2) is 8.42 Å². The summed E-state index contributed by atoms with van der Waals surface area (Å²) in [6.45, 7) is 0. The molecule has 0 radical (unpaired) electrons. The first kappa shape index (κ1) is 19.4. The molecule has 0 bridgehead atoms. The summed E-state index contributed by atoms with van der Waals surface area (Å²) >= 11 is 1.24. The van der Waals surface area contributed by atoms with Gasteiger partial charge in [-0.1, -0.05) is 6.07 Å². The van der Waals surface area contributed by atoms with E-state index in [0.717, 1.165) is 0 Å². The molecule has 0 aliphatic carbocycles. The molecule has 9 heteroatoms. The van der Waals surface area contributed by atoms with E-state index in [1.807, 2.05) is 6.07 Å². The molecule has 1 amide bonds. The second-order valence-electron chi connectivity index (χ2n) is 5.59. The number of carbonyl (C=O) groups is 1. The van der Waals surface area contributed by atoms with E-state index >= 15 is 0 Å². The Balaban J connectivity index is 1.79. The van der Waals surface area contributed by atoms with Crippen LogP contribution in [0.1, 0.15) is 15.9 Å². The zero-order valence-corrected chi connectivity index (χ0v) is 16.3. The van der Waals surface area contributed by atoms with Crippen molar-refractivity contribution in [1.29, 1.82) is 5.26 Å². The lowest BCUT2D eigenvalue weighted by Crippen LogP contribution is -2.15. The normalized spacial score (nSPS) is 10.7. The first-order chi connectivity index (χ1) is 13.4. The van der Waals surface area contributed by atoms with Crippen molar-refractivity contribution in [2.24, 2.45) is 0 Å². The Morgan fingerprint density at radius 1 is 1.14 bits per heavy atom. The van der Waals surface area contributed by atoms with Gasteiger partial charge in [-0.15, -0.1) is 11.3 Å². The zero-order valence-electron chi connectivity index (χ0n) is 14.7. The number of anilines is 2. The van der Waals surface area contributed by atoms with Crippen molar-refractivity contribution in [2.45, 2.75) is 4.90 Å². The lowest BCUT2D eigenvalue weighted by molar-refractivity contribution is 0.102. The third kappa shape index (κ3) is 4.31. The molecule has 0 saturated heterocycles. The highest BCUT2D eigenvalue weighted by Crippen LogP contribution is 2.24. The number of rotatable bonds is 6. The number of hydrogen-bond acceptors (Lipinski definition) is 6. The largest absolute Gasteiger partial charge is 0.497 e. The minimum atomic E-state index is -3.82. The molecule has 0 aliphatic heterocycles. The van der Waals surface area contributed by atoms with Crippen LogP contribution in [-0.2, 0) is 10.0 Å². The molecular weight excluding hydrogens is 398 g/mol. The molecule has 0 spiro atoms. The van der Waals surface area contributed by atoms with Crippen LogP contribution in [0.5, 0.6) is 5.75 Å². The Hall–Kier alpha value is -3.35. The zero-order chi connectivity index (χ0) is 20.1. The van der Waals surface area contributed by atoms with Crippen LogP contribution >= 0.6 is 11.3 Å². The maximum Gasteiger partial charge on any atom is 0.261 e. The predicted octanol–water partition coefficient (Wildman–Crippen LogP) is 3.68. The van der Waals surface area contributed by atoms with E-state index in [2.05, 4.69) is 10.0 Å². The molecule has 3 rings (SSSR count). The van der Waals surface area contributed by atoms with Crippen LogP contribution in [0.15, 0.2) is 64.9 Å². The van der Waals surface area contributed by atoms with Gasteiger partial charge in [0.1, 0.15) is 16.8 Å². The predicted molar refractivity (Wildman–Crippen MR) is 107 cm³/mol. The smallest absolute Gasteiger partial charge is 0.261 e. The maximum absolute atomic E-state index is 12.5. The van der Waals surface area contributed by atoms with Crippen LogP contribution < -0.4 is 14.8 Å². The van der Waals surface area contributed by atoms with Crippen molar-refractivity contribution < 1.29 is 17.9 Å². The molecule has 142 valence electrons. The fraction of sp³-hybridized carbons (Fsp3) is 0.0526. The maximum atomic E-state index is 12.5. The second-order valence-corrected chi connectivity index (χ2v) is 8.19. The van der Waals surface area contributed by atoms with Crippen molar-refractivity contribution in [3.8, 4) is 11.8 Å². The Morgan fingerprint density at radius 3 is 2.57 bits per heavy atom. The average molecular weight is 413 g/mol. The van der Waals surface area contributed by atoms with Gasteiger partial charge in [-0.2, -0.15) is 5.26 Å². The first-order valence-electron chi connectivity index (χ1n) is 7.99. The summed E-state index contributed by atoms with van der Waals surface area (Å²) < 4.78 is 32.5. The molecule has 7 nitrogen and oxygen atoms in total. The van der Waals surface area contributed by atoms with E-state index in [1.54, 1.807) is 41.8 Å². The van der Waals surface area contributed by atoms with Gasteiger partial charge < -0.3 is 10.1 Å². The lowest BCUT2D eigenvalue weighted by Gasteiger charge is -2.10. The summed E-state index contributed by atoms with van der Waals surface area (Å²) in [5.41, 5.74) is 0.872. The summed E-state index contributed by atoms with van der Waals surface area (Å²) in [6, 6.07) is 15.7. The average Bonchev–Trinajstić information content (AvgIpc) is 3.15. The summed E-state index contributed by atoms with van der Waals surface area (Å²) in [5.74, 6) is 0.104. The monoisotopic (exact) mass is 413 g/mol. The van der Waals surface area contributed by atoms with E-state index < -0.39 is 15.9 Å². The fourth-order valence-electron chi connectivity index (χ4n) is 2.36. The standard InChI is InChI=1S/C19H15N3O4S2/c1-26-16-5-7-17(8-6-16)28(24,25)22-15-4-2-3-13(11-15)18(23)21-19-14(12-20)9-10-27-19/h2-11,22H,1H3,(H,21,23). The number of thiophene rings is 1. The highest BCUT2D eigenvalue weighted by molar-refractivity contribution is 7.92. The number of nitriles is 1. The molecule has 0 aliphatic rings. The first-order valence-corrected chi connectivity index (χ1v) is 10.3. The van der Waals surface area contributed by atoms with E-state index in [4.69, 9.17) is 10.00 Å². The van der Waals surface area contributed by atoms with Crippen molar-refractivity contribution in [2.75, 3.05) is 17.1 Å². The van der Waals surface area contributed by atoms with Crippen LogP contribution in [0.2, 0.25) is 0 Å². The topological polar surface area (TPSA) is 108 Å². The molecule has 2 N–H and O–H groups in total. The lowest BCUT2D eigenvalue weighted by atomic mass is 10.2. The quantitative estimate of drug-likeness (QED) is 0.641. The van der Waals surface area contributed by atoms with Gasteiger partial charge >= 0.3 is 0 Å². The van der Waals surface area contributed by atoms with Gasteiger partial charge in [0.25, 0.3) is 15.9 Å². The molecule has 0 unspecified atom stereocenters. The molecule has 3 aromatic rings. The van der Waals surface area contributed by atoms with E-state index in [1.165, 1.54) is 36.6 Å². The third-order valence-corrected chi connectivity index (χ3v) is 5.99. The third-order valence-electron chi connectivity index (χ3n) is 3.76. The van der Waals surface area contributed by atoms with Gasteiger partial charge in [-0.3, -0.25) is 9.52 Å². The summed E-state index contributed by atoms with van der Waals surface area (Å²) in [6.07, 6.45) is 0. The number of amides is 1. The molecule has 0 atom stereocenters. The molecule has 0 fully saturated rings. The molecular formula is C19H15N3O4S2. The van der Waals surface area contributed by atoms with Crippen molar-refractivity contribution in [1.82, 2.24) is 0 Å². The SMILES string of the molecule is COc1ccc(S(=O)(=O)Nc2cccc(C(=O)Nc3sccc3C#N)c2)cc1. The number of methoxy groups -OCH3 is 1. The Bertz CT molecular complexity index is 1150. The van der Waals surface area contributed by atoms with Gasteiger partial charge in [0, 0.05) is 11.3 Å². The Labute approximate surface area is 166 Å². The number of carbonyl (C=O) groups excluding carboxylic acids is 1. The van der Waals surface area contributed by atoms with Gasteiger partial charge in [0.15, 0.2) is 0 Å². The summed E-state index contributed by atoms with van der Waals surface area (Å²) in [5, 5.41) is 13.8. The molecule has 0 saturated carbocycles. The van der Waals surface area contributed by atoms with Crippen LogP contribution in [0.25, 0.3) is 0 Å². The number of benzene rings is 2. The summed E-state index contributed by atoms with van der Waals surface area (Å²) in [7, 11) is -2.33. The highest BCUT2D eigenvalue weighted by Gasteiger charge is 2.16. The van der Waals surface area contributed by atoms with Crippen LogP contribution in [0.4, 0.5) is 10.7 Å². The van der Waals surface area contributed by atoms with E-state index in [-0.39, 0.29) is 16.1 Å². The number of nitrogens with one attached hydrogen (secondary N) is 2. The van der Waals surface area contributed by atoms with E-state index in [0.29, 0.717) is 16.3 Å². The molecule has 28 heavy (non-hydrogen) atoms. The van der Waals surface area contributed by atoms with Crippen LogP contribution in [0.3, 0.4) is 0 Å². The number of hydrogen-bond donors (Lipinski definition) is 2. The van der Waals surface area contributed by atoms with Gasteiger partial charge in [0.05, 0.1) is 17.6 Å². The minimum Gasteiger partial charge on any atom is -0.497 e. The Kier molecular flexibility index (Phi) is 5.63. The fourth-order valence-corrected chi connectivity index (χ4v) is 4.14. The van der Waals surface area contributed by atoms with Crippen LogP contribution in [-0.4, -0.2) is 21.4 Å². The van der Waals surface area contributed by atoms with Gasteiger partial charge in [0.2, 0.25) is 0 Å². The molecule has 2 aromatic carbocycles. The number of ether oxygens (including phenoxy) is 1.